The van der Waals surface area contributed by atoms with Gasteiger partial charge in [-0.1, -0.05) is 11.6 Å². The first-order valence-electron chi connectivity index (χ1n) is 12.2. The molecule has 1 spiro atoms. The normalized spacial score (nSPS) is 21.3. The molecule has 11 heteroatoms. The van der Waals surface area contributed by atoms with Crippen molar-refractivity contribution >= 4 is 23.6 Å². The van der Waals surface area contributed by atoms with Gasteiger partial charge >= 0.3 is 6.09 Å². The summed E-state index contributed by atoms with van der Waals surface area (Å²) in [4.78, 5) is 27.1. The van der Waals surface area contributed by atoms with Crippen molar-refractivity contribution in [1.29, 1.82) is 0 Å². The van der Waals surface area contributed by atoms with E-state index < -0.39 is 5.60 Å². The lowest BCUT2D eigenvalue weighted by atomic mass is 9.77. The van der Waals surface area contributed by atoms with Crippen LogP contribution < -0.4 is 5.73 Å². The lowest BCUT2D eigenvalue weighted by Gasteiger charge is -2.38. The number of rotatable bonds is 1. The third-order valence-electron chi connectivity index (χ3n) is 6.66. The number of hydrogen-bond acceptors (Lipinski definition) is 8. The molecule has 0 bridgehead atoms. The number of hydrogen-bond donors (Lipinski definition) is 2. The molecule has 3 aliphatic heterocycles. The van der Waals surface area contributed by atoms with Gasteiger partial charge < -0.3 is 29.8 Å². The second-order valence-corrected chi connectivity index (χ2v) is 10.8. The summed E-state index contributed by atoms with van der Waals surface area (Å²) >= 11 is 6.29. The topological polar surface area (TPSA) is 129 Å². The largest absolute Gasteiger partial charge is 0.444 e. The van der Waals surface area contributed by atoms with Gasteiger partial charge in [-0.2, -0.15) is 0 Å². The summed E-state index contributed by atoms with van der Waals surface area (Å²) in [6, 6.07) is 0. The van der Waals surface area contributed by atoms with Crippen LogP contribution in [-0.4, -0.2) is 73.6 Å². The predicted molar refractivity (Wildman–Crippen MR) is 132 cm³/mol. The minimum Gasteiger partial charge on any atom is -0.444 e. The number of fused-ring (bicyclic) bond motifs is 2. The van der Waals surface area contributed by atoms with Crippen molar-refractivity contribution in [2.24, 2.45) is 0 Å². The monoisotopic (exact) mass is 506 g/mol. The number of likely N-dealkylation sites (tertiary alicyclic amines) is 1. The molecular weight excluding hydrogens is 472 g/mol. The molecule has 0 aliphatic carbocycles. The Bertz CT molecular complexity index is 1040. The first kappa shape index (κ1) is 25.7. The molecule has 1 atom stereocenters. The van der Waals surface area contributed by atoms with Crippen molar-refractivity contribution in [3.05, 3.63) is 23.2 Å². The van der Waals surface area contributed by atoms with Gasteiger partial charge in [0.2, 0.25) is 5.95 Å². The molecule has 2 aromatic rings. The minimum atomic E-state index is -0.483. The lowest BCUT2D eigenvalue weighted by molar-refractivity contribution is -0.00535. The third-order valence-corrected chi connectivity index (χ3v) is 6.93. The predicted octanol–water partition coefficient (Wildman–Crippen LogP) is 3.41. The summed E-state index contributed by atoms with van der Waals surface area (Å²) in [5.74, 6) is 1.23. The fourth-order valence-corrected chi connectivity index (χ4v) is 5.04. The van der Waals surface area contributed by atoms with E-state index in [1.54, 1.807) is 4.90 Å². The van der Waals surface area contributed by atoms with Gasteiger partial charge in [0.05, 0.1) is 35.8 Å². The number of aromatic nitrogens is 4. The van der Waals surface area contributed by atoms with Crippen LogP contribution in [0.4, 0.5) is 10.7 Å². The summed E-state index contributed by atoms with van der Waals surface area (Å²) in [6.07, 6.45) is 7.55. The van der Waals surface area contributed by atoms with Crippen LogP contribution in [0.25, 0.3) is 11.4 Å². The van der Waals surface area contributed by atoms with Gasteiger partial charge in [-0.25, -0.2) is 19.7 Å². The van der Waals surface area contributed by atoms with Crippen molar-refractivity contribution in [2.75, 3.05) is 32.0 Å². The molecule has 2 fully saturated rings. The molecule has 1 unspecified atom stereocenters. The lowest BCUT2D eigenvalue weighted by Crippen LogP contribution is -2.46. The zero-order valence-electron chi connectivity index (χ0n) is 20.7. The van der Waals surface area contributed by atoms with E-state index in [1.807, 2.05) is 27.0 Å². The average Bonchev–Trinajstić information content (AvgIpc) is 3.38. The van der Waals surface area contributed by atoms with Gasteiger partial charge in [0.25, 0.3) is 0 Å². The van der Waals surface area contributed by atoms with Crippen LogP contribution in [-0.2, 0) is 21.4 Å². The summed E-state index contributed by atoms with van der Waals surface area (Å²) in [5.41, 5.74) is 6.70. The number of halogens is 1. The number of aliphatic hydroxyl groups excluding tert-OH is 1. The molecular formula is C24H35ClN6O4. The molecule has 5 heterocycles. The highest BCUT2D eigenvalue weighted by atomic mass is 35.5. The molecule has 3 aliphatic rings. The van der Waals surface area contributed by atoms with Crippen molar-refractivity contribution in [1.82, 2.24) is 24.4 Å². The Morgan fingerprint density at radius 1 is 1.23 bits per heavy atom. The number of nitrogens with zero attached hydrogens (tertiary/aromatic N) is 5. The number of amides is 1. The summed E-state index contributed by atoms with van der Waals surface area (Å²) < 4.78 is 12.6. The van der Waals surface area contributed by atoms with Crippen LogP contribution in [0.1, 0.15) is 58.7 Å². The molecule has 0 aromatic carbocycles. The van der Waals surface area contributed by atoms with Gasteiger partial charge in [-0.15, -0.1) is 0 Å². The Labute approximate surface area is 210 Å². The zero-order valence-corrected chi connectivity index (χ0v) is 21.4. The van der Waals surface area contributed by atoms with E-state index in [9.17, 15) is 4.79 Å². The van der Waals surface area contributed by atoms with Crippen molar-refractivity contribution in [3.63, 3.8) is 0 Å². The van der Waals surface area contributed by atoms with Gasteiger partial charge in [-0.05, 0) is 52.9 Å². The van der Waals surface area contributed by atoms with Crippen LogP contribution in [0.2, 0.25) is 5.02 Å². The van der Waals surface area contributed by atoms with Crippen LogP contribution in [0.15, 0.2) is 12.4 Å². The van der Waals surface area contributed by atoms with E-state index >= 15 is 0 Å². The zero-order chi connectivity index (χ0) is 25.2. The average molecular weight is 507 g/mol. The molecule has 1 amide bonds. The number of carbonyl (C=O) groups is 1. The highest BCUT2D eigenvalue weighted by Crippen LogP contribution is 2.45. The fraction of sp³-hybridized carbons (Fsp3) is 0.667. The number of nitrogens with two attached hydrogens (primary N) is 1. The smallest absolute Gasteiger partial charge is 0.410 e. The quantitative estimate of drug-likeness (QED) is 0.602. The first-order chi connectivity index (χ1) is 16.6. The van der Waals surface area contributed by atoms with Crippen LogP contribution in [0.3, 0.4) is 0 Å². The molecule has 5 rings (SSSR count). The van der Waals surface area contributed by atoms with E-state index in [2.05, 4.69) is 14.5 Å². The highest BCUT2D eigenvalue weighted by Gasteiger charge is 2.45. The van der Waals surface area contributed by atoms with Crippen LogP contribution >= 0.6 is 11.6 Å². The maximum absolute atomic E-state index is 12.4. The number of imidazole rings is 1. The van der Waals surface area contributed by atoms with E-state index in [0.717, 1.165) is 56.8 Å². The Balaban J connectivity index is 0.000000356. The summed E-state index contributed by atoms with van der Waals surface area (Å²) in [7, 11) is 0. The van der Waals surface area contributed by atoms with E-state index in [4.69, 9.17) is 36.9 Å². The van der Waals surface area contributed by atoms with Gasteiger partial charge in [0, 0.05) is 31.7 Å². The Morgan fingerprint density at radius 2 is 1.94 bits per heavy atom. The second-order valence-electron chi connectivity index (χ2n) is 10.4. The molecule has 192 valence electrons. The van der Waals surface area contributed by atoms with E-state index in [-0.39, 0.29) is 23.6 Å². The molecule has 3 N–H and O–H groups in total. The SMILES string of the molecule is CC(C)(C)OC(=O)N1CCC2(CC1)CCn1c(-c3nc(N)ncc3Cl)cnc12.OC1CCCOC1. The standard InChI is InChI=1S/C19H25ClN6O2.C5H10O2/c1-18(2,3)28-17(27)25-7-4-19(5-8-25)6-9-26-13(11-22-15(19)26)14-12(20)10-23-16(21)24-14;6-5-2-1-3-7-4-5/h10-11H,4-9H2,1-3H3,(H2,21,23,24);5-6H,1-4H2. The number of nitrogen functional groups attached to an aromatic ring is 1. The van der Waals surface area contributed by atoms with Gasteiger partial charge in [0.1, 0.15) is 17.1 Å². The third kappa shape index (κ3) is 5.87. The highest BCUT2D eigenvalue weighted by molar-refractivity contribution is 6.32. The second kappa shape index (κ2) is 10.3. The van der Waals surface area contributed by atoms with Crippen molar-refractivity contribution in [2.45, 2.75) is 76.5 Å². The molecule has 2 aromatic heterocycles. The Morgan fingerprint density at radius 3 is 2.54 bits per heavy atom. The molecule has 0 radical (unpaired) electrons. The summed E-state index contributed by atoms with van der Waals surface area (Å²) in [6.45, 7) is 9.20. The number of carbonyl (C=O) groups excluding carboxylic acids is 1. The first-order valence-corrected chi connectivity index (χ1v) is 12.5. The number of piperidine rings is 1. The summed E-state index contributed by atoms with van der Waals surface area (Å²) in [5, 5.41) is 9.24. The number of aliphatic hydroxyl groups is 1. The van der Waals surface area contributed by atoms with E-state index in [1.165, 1.54) is 6.20 Å². The number of ether oxygens (including phenoxy) is 2. The number of anilines is 1. The van der Waals surface area contributed by atoms with Crippen LogP contribution in [0.5, 0.6) is 0 Å². The Kier molecular flexibility index (Phi) is 7.54. The molecule has 10 nitrogen and oxygen atoms in total. The van der Waals surface area contributed by atoms with Crippen molar-refractivity contribution in [3.8, 4) is 11.4 Å². The molecule has 35 heavy (non-hydrogen) atoms. The maximum Gasteiger partial charge on any atom is 0.410 e. The van der Waals surface area contributed by atoms with Crippen molar-refractivity contribution < 1.29 is 19.4 Å². The molecule has 2 saturated heterocycles. The molecule has 0 saturated carbocycles. The Hall–Kier alpha value is -2.43. The van der Waals surface area contributed by atoms with E-state index in [0.29, 0.717) is 30.4 Å². The fourth-order valence-electron chi connectivity index (χ4n) is 4.85. The maximum atomic E-state index is 12.4. The minimum absolute atomic E-state index is 0.0260. The van der Waals surface area contributed by atoms with Crippen LogP contribution in [0, 0.1) is 0 Å². The van der Waals surface area contributed by atoms with Gasteiger partial charge in [0.15, 0.2) is 0 Å². The van der Waals surface area contributed by atoms with Gasteiger partial charge in [-0.3, -0.25) is 0 Å².